The first-order valence-electron chi connectivity index (χ1n) is 4.47. The number of halogens is 1. The van der Waals surface area contributed by atoms with Gasteiger partial charge < -0.3 is 10.1 Å². The molecular formula is C10H15BrNO+. The first kappa shape index (κ1) is 10.5. The summed E-state index contributed by atoms with van der Waals surface area (Å²) in [5, 5.41) is 2.13. The number of ether oxygens (including phenoxy) is 1. The largest absolute Gasteiger partial charge is 0.493 e. The smallest absolute Gasteiger partial charge is 0.128 e. The molecule has 0 bridgehead atoms. The quantitative estimate of drug-likeness (QED) is 0.855. The van der Waals surface area contributed by atoms with E-state index in [-0.39, 0.29) is 0 Å². The maximum absolute atomic E-state index is 5.50. The average Bonchev–Trinajstić information content (AvgIpc) is 2.10. The van der Waals surface area contributed by atoms with Crippen molar-refractivity contribution in [3.05, 3.63) is 28.2 Å². The summed E-state index contributed by atoms with van der Waals surface area (Å²) in [5.74, 6) is 0.990. The first-order valence-corrected chi connectivity index (χ1v) is 5.26. The van der Waals surface area contributed by atoms with Gasteiger partial charge in [0.25, 0.3) is 0 Å². The van der Waals surface area contributed by atoms with Crippen molar-refractivity contribution in [3.63, 3.8) is 0 Å². The van der Waals surface area contributed by atoms with Crippen molar-refractivity contribution in [2.75, 3.05) is 13.7 Å². The van der Waals surface area contributed by atoms with E-state index in [0.717, 1.165) is 23.4 Å². The summed E-state index contributed by atoms with van der Waals surface area (Å²) in [4.78, 5) is 0. The molecule has 1 aromatic rings. The van der Waals surface area contributed by atoms with Gasteiger partial charge in [0.15, 0.2) is 0 Å². The Bertz CT molecular complexity index is 276. The second kappa shape index (κ2) is 5.25. The molecule has 0 amide bonds. The Labute approximate surface area is 87.4 Å². The van der Waals surface area contributed by atoms with Gasteiger partial charge in [0.2, 0.25) is 0 Å². The molecule has 0 aromatic heterocycles. The van der Waals surface area contributed by atoms with Crippen molar-refractivity contribution in [3.8, 4) is 5.75 Å². The van der Waals surface area contributed by atoms with Gasteiger partial charge in [0.1, 0.15) is 12.3 Å². The maximum Gasteiger partial charge on any atom is 0.128 e. The lowest BCUT2D eigenvalue weighted by molar-refractivity contribution is -0.643. The summed E-state index contributed by atoms with van der Waals surface area (Å²) in [6, 6.07) is 6.11. The Morgan fingerprint density at radius 2 is 2.23 bits per heavy atom. The minimum Gasteiger partial charge on any atom is -0.493 e. The minimum atomic E-state index is 0.721. The van der Waals surface area contributed by atoms with Gasteiger partial charge in [-0.25, -0.2) is 0 Å². The summed E-state index contributed by atoms with van der Waals surface area (Å²) in [5.41, 5.74) is 1.23. The molecule has 0 saturated heterocycles. The number of benzene rings is 1. The minimum absolute atomic E-state index is 0.721. The third-order valence-electron chi connectivity index (χ3n) is 1.75. The third-order valence-corrected chi connectivity index (χ3v) is 2.24. The lowest BCUT2D eigenvalue weighted by Crippen LogP contribution is -2.77. The van der Waals surface area contributed by atoms with E-state index in [1.165, 1.54) is 5.56 Å². The van der Waals surface area contributed by atoms with Crippen LogP contribution < -0.4 is 10.1 Å². The standard InChI is InChI=1S/C10H14BrNO/c1-3-13-10-5-4-9(11)6-8(10)7-12-2/h4-6,12H,3,7H2,1-2H3/p+1. The molecule has 2 N–H and O–H groups in total. The third kappa shape index (κ3) is 3.01. The molecular weight excluding hydrogens is 230 g/mol. The maximum atomic E-state index is 5.50. The zero-order chi connectivity index (χ0) is 9.68. The van der Waals surface area contributed by atoms with Crippen LogP contribution in [0.4, 0.5) is 0 Å². The van der Waals surface area contributed by atoms with Crippen molar-refractivity contribution in [1.82, 2.24) is 0 Å². The molecule has 0 radical (unpaired) electrons. The molecule has 3 heteroatoms. The highest BCUT2D eigenvalue weighted by molar-refractivity contribution is 9.10. The van der Waals surface area contributed by atoms with Crippen LogP contribution in [0.15, 0.2) is 22.7 Å². The topological polar surface area (TPSA) is 25.8 Å². The van der Waals surface area contributed by atoms with Crippen molar-refractivity contribution in [1.29, 1.82) is 0 Å². The number of nitrogens with two attached hydrogens (primary N) is 1. The van der Waals surface area contributed by atoms with Crippen molar-refractivity contribution in [2.24, 2.45) is 0 Å². The summed E-state index contributed by atoms with van der Waals surface area (Å²) in [7, 11) is 2.05. The zero-order valence-corrected chi connectivity index (χ0v) is 9.60. The van der Waals surface area contributed by atoms with E-state index in [0.29, 0.717) is 0 Å². The molecule has 0 heterocycles. The van der Waals surface area contributed by atoms with E-state index in [9.17, 15) is 0 Å². The monoisotopic (exact) mass is 244 g/mol. The summed E-state index contributed by atoms with van der Waals surface area (Å²) in [6.07, 6.45) is 0. The van der Waals surface area contributed by atoms with E-state index in [4.69, 9.17) is 4.74 Å². The predicted molar refractivity (Wildman–Crippen MR) is 56.9 cm³/mol. The highest BCUT2D eigenvalue weighted by Gasteiger charge is 2.04. The molecule has 0 unspecified atom stereocenters. The average molecular weight is 245 g/mol. The Balaban J connectivity index is 2.89. The molecule has 0 aliphatic carbocycles. The molecule has 0 aliphatic heterocycles. The van der Waals surface area contributed by atoms with Crippen LogP contribution in [0.5, 0.6) is 5.75 Å². The van der Waals surface area contributed by atoms with E-state index >= 15 is 0 Å². The second-order valence-electron chi connectivity index (χ2n) is 2.80. The van der Waals surface area contributed by atoms with Gasteiger partial charge in [0.05, 0.1) is 13.7 Å². The van der Waals surface area contributed by atoms with Crippen molar-refractivity contribution in [2.45, 2.75) is 13.5 Å². The van der Waals surface area contributed by atoms with E-state index in [1.54, 1.807) is 0 Å². The molecule has 13 heavy (non-hydrogen) atoms. The SMILES string of the molecule is CCOc1ccc(Br)cc1C[NH2+]C. The normalized spacial score (nSPS) is 10.1. The highest BCUT2D eigenvalue weighted by Crippen LogP contribution is 2.22. The van der Waals surface area contributed by atoms with Crippen molar-refractivity contribution < 1.29 is 10.1 Å². The molecule has 1 rings (SSSR count). The number of rotatable bonds is 4. The molecule has 0 aliphatic rings. The van der Waals surface area contributed by atoms with Gasteiger partial charge >= 0.3 is 0 Å². The van der Waals surface area contributed by atoms with Gasteiger partial charge in [-0.2, -0.15) is 0 Å². The Morgan fingerprint density at radius 3 is 2.85 bits per heavy atom. The molecule has 0 saturated carbocycles. The first-order chi connectivity index (χ1) is 6.27. The Hall–Kier alpha value is -0.540. The predicted octanol–water partition coefficient (Wildman–Crippen LogP) is 1.54. The summed E-state index contributed by atoms with van der Waals surface area (Å²) < 4.78 is 6.61. The van der Waals surface area contributed by atoms with Gasteiger partial charge in [0, 0.05) is 10.0 Å². The zero-order valence-electron chi connectivity index (χ0n) is 8.01. The van der Waals surface area contributed by atoms with Crippen LogP contribution >= 0.6 is 15.9 Å². The second-order valence-corrected chi connectivity index (χ2v) is 3.71. The molecule has 0 atom stereocenters. The van der Waals surface area contributed by atoms with Gasteiger partial charge in [-0.05, 0) is 25.1 Å². The number of quaternary nitrogens is 1. The summed E-state index contributed by atoms with van der Waals surface area (Å²) >= 11 is 3.45. The van der Waals surface area contributed by atoms with Crippen LogP contribution in [0.1, 0.15) is 12.5 Å². The van der Waals surface area contributed by atoms with Crippen LogP contribution in [-0.4, -0.2) is 13.7 Å². The van der Waals surface area contributed by atoms with Gasteiger partial charge in [-0.3, -0.25) is 0 Å². The van der Waals surface area contributed by atoms with Gasteiger partial charge in [-0.1, -0.05) is 15.9 Å². The lowest BCUT2D eigenvalue weighted by atomic mass is 10.2. The van der Waals surface area contributed by atoms with Crippen LogP contribution in [0.25, 0.3) is 0 Å². The summed E-state index contributed by atoms with van der Waals surface area (Å²) in [6.45, 7) is 3.68. The fraction of sp³-hybridized carbons (Fsp3) is 0.400. The lowest BCUT2D eigenvalue weighted by Gasteiger charge is -2.08. The highest BCUT2D eigenvalue weighted by atomic mass is 79.9. The molecule has 72 valence electrons. The molecule has 0 spiro atoms. The van der Waals surface area contributed by atoms with Crippen LogP contribution in [0.3, 0.4) is 0 Å². The van der Waals surface area contributed by atoms with Crippen LogP contribution in [0, 0.1) is 0 Å². The van der Waals surface area contributed by atoms with Crippen LogP contribution in [-0.2, 0) is 6.54 Å². The van der Waals surface area contributed by atoms with E-state index in [2.05, 4.69) is 34.4 Å². The molecule has 1 aromatic carbocycles. The number of hydrogen-bond donors (Lipinski definition) is 1. The van der Waals surface area contributed by atoms with E-state index < -0.39 is 0 Å². The fourth-order valence-corrected chi connectivity index (χ4v) is 1.63. The molecule has 2 nitrogen and oxygen atoms in total. The molecule has 0 fully saturated rings. The van der Waals surface area contributed by atoms with E-state index in [1.807, 2.05) is 19.1 Å². The Morgan fingerprint density at radius 1 is 1.46 bits per heavy atom. The van der Waals surface area contributed by atoms with Crippen LogP contribution in [0.2, 0.25) is 0 Å². The van der Waals surface area contributed by atoms with Crippen molar-refractivity contribution >= 4 is 15.9 Å². The fourth-order valence-electron chi connectivity index (χ4n) is 1.22. The Kier molecular flexibility index (Phi) is 4.25. The number of hydrogen-bond acceptors (Lipinski definition) is 1. The van der Waals surface area contributed by atoms with Gasteiger partial charge in [-0.15, -0.1) is 0 Å².